The van der Waals surface area contributed by atoms with Crippen LogP contribution < -0.4 is 0 Å². The van der Waals surface area contributed by atoms with Crippen molar-refractivity contribution in [3.8, 4) is 6.07 Å². The number of carbonyl (C=O) groups is 2. The molecule has 0 aromatic carbocycles. The molecule has 1 heterocycles. The van der Waals surface area contributed by atoms with Crippen molar-refractivity contribution >= 4 is 11.8 Å². The van der Waals surface area contributed by atoms with E-state index < -0.39 is 11.9 Å². The highest BCUT2D eigenvalue weighted by Gasteiger charge is 2.34. The number of carbonyl (C=O) groups excluding carboxylic acids is 2. The first-order valence-electron chi connectivity index (χ1n) is 6.32. The van der Waals surface area contributed by atoms with Crippen LogP contribution in [0.1, 0.15) is 45.4 Å². The third-order valence-electron chi connectivity index (χ3n) is 3.62. The van der Waals surface area contributed by atoms with E-state index in [1.54, 1.807) is 25.5 Å². The molecule has 0 radical (unpaired) electrons. The number of ketones is 1. The quantitative estimate of drug-likeness (QED) is 0.760. The second-order valence-electron chi connectivity index (χ2n) is 4.66. The van der Waals surface area contributed by atoms with Gasteiger partial charge in [-0.3, -0.25) is 4.79 Å². The summed E-state index contributed by atoms with van der Waals surface area (Å²) in [7, 11) is 1.76. The molecular formula is C14H16N2O3. The molecule has 1 aromatic rings. The largest absolute Gasteiger partial charge is 0.461 e. The molecule has 5 nitrogen and oxygen atoms in total. The Morgan fingerprint density at radius 2 is 2.26 bits per heavy atom. The van der Waals surface area contributed by atoms with Gasteiger partial charge in [-0.05, 0) is 32.3 Å². The average Bonchev–Trinajstić information content (AvgIpc) is 2.63. The lowest BCUT2D eigenvalue weighted by Crippen LogP contribution is -2.22. The standard InChI is InChI=1S/C14H16N2O3/c1-4-19-14(18)12-8(2)11-10(16(12)3)6-5-9(7-15)13(11)17/h9H,4-6H2,1-3H3. The summed E-state index contributed by atoms with van der Waals surface area (Å²) in [6, 6.07) is 2.03. The second kappa shape index (κ2) is 4.88. The fraction of sp³-hybridized carbons (Fsp3) is 0.500. The molecule has 19 heavy (non-hydrogen) atoms. The lowest BCUT2D eigenvalue weighted by molar-refractivity contribution is 0.0514. The number of fused-ring (bicyclic) bond motifs is 1. The van der Waals surface area contributed by atoms with Gasteiger partial charge in [-0.25, -0.2) is 4.79 Å². The zero-order valence-electron chi connectivity index (χ0n) is 11.3. The molecule has 0 N–H and O–H groups in total. The van der Waals surface area contributed by atoms with Crippen molar-refractivity contribution in [3.63, 3.8) is 0 Å². The Kier molecular flexibility index (Phi) is 3.43. The van der Waals surface area contributed by atoms with E-state index in [0.29, 0.717) is 36.3 Å². The van der Waals surface area contributed by atoms with Gasteiger partial charge in [-0.15, -0.1) is 0 Å². The summed E-state index contributed by atoms with van der Waals surface area (Å²) in [6.45, 7) is 3.78. The summed E-state index contributed by atoms with van der Waals surface area (Å²) >= 11 is 0. The summed E-state index contributed by atoms with van der Waals surface area (Å²) in [5, 5.41) is 8.98. The lowest BCUT2D eigenvalue weighted by Gasteiger charge is -2.16. The van der Waals surface area contributed by atoms with Crippen molar-refractivity contribution in [1.29, 1.82) is 5.26 Å². The van der Waals surface area contributed by atoms with Gasteiger partial charge in [0.2, 0.25) is 0 Å². The molecule has 0 amide bonds. The highest BCUT2D eigenvalue weighted by atomic mass is 16.5. The van der Waals surface area contributed by atoms with E-state index in [1.807, 2.05) is 6.07 Å². The number of aromatic nitrogens is 1. The van der Waals surface area contributed by atoms with Crippen LogP contribution in [0.25, 0.3) is 0 Å². The summed E-state index contributed by atoms with van der Waals surface area (Å²) in [5.74, 6) is -1.19. The molecule has 0 aliphatic heterocycles. The van der Waals surface area contributed by atoms with Crippen molar-refractivity contribution in [2.45, 2.75) is 26.7 Å². The highest BCUT2D eigenvalue weighted by molar-refractivity contribution is 6.05. The minimum Gasteiger partial charge on any atom is -0.461 e. The molecule has 1 aliphatic carbocycles. The van der Waals surface area contributed by atoms with E-state index in [1.165, 1.54) is 0 Å². The van der Waals surface area contributed by atoms with Crippen molar-refractivity contribution in [3.05, 3.63) is 22.5 Å². The van der Waals surface area contributed by atoms with Crippen LogP contribution in [0.5, 0.6) is 0 Å². The molecular weight excluding hydrogens is 244 g/mol. The molecule has 0 saturated carbocycles. The van der Waals surface area contributed by atoms with Gasteiger partial charge in [0.1, 0.15) is 11.6 Å². The molecule has 1 aromatic heterocycles. The molecule has 1 aliphatic rings. The van der Waals surface area contributed by atoms with Crippen LogP contribution in [0.15, 0.2) is 0 Å². The molecule has 1 unspecified atom stereocenters. The first-order valence-corrected chi connectivity index (χ1v) is 6.32. The molecule has 0 saturated heterocycles. The van der Waals surface area contributed by atoms with Crippen LogP contribution in [0.4, 0.5) is 0 Å². The second-order valence-corrected chi connectivity index (χ2v) is 4.66. The maximum Gasteiger partial charge on any atom is 0.355 e. The molecule has 100 valence electrons. The van der Waals surface area contributed by atoms with Crippen LogP contribution in [0.2, 0.25) is 0 Å². The van der Waals surface area contributed by atoms with Crippen molar-refractivity contribution in [1.82, 2.24) is 4.57 Å². The van der Waals surface area contributed by atoms with Crippen LogP contribution >= 0.6 is 0 Å². The smallest absolute Gasteiger partial charge is 0.355 e. The van der Waals surface area contributed by atoms with Crippen molar-refractivity contribution < 1.29 is 14.3 Å². The minimum absolute atomic E-state index is 0.174. The molecule has 0 fully saturated rings. The summed E-state index contributed by atoms with van der Waals surface area (Å²) in [6.07, 6.45) is 1.15. The Morgan fingerprint density at radius 3 is 2.84 bits per heavy atom. The Balaban J connectivity index is 2.56. The van der Waals surface area contributed by atoms with E-state index in [4.69, 9.17) is 10.00 Å². The van der Waals surface area contributed by atoms with Crippen LogP contribution in [-0.4, -0.2) is 22.9 Å². The third-order valence-corrected chi connectivity index (χ3v) is 3.62. The number of rotatable bonds is 2. The van der Waals surface area contributed by atoms with Gasteiger partial charge < -0.3 is 9.30 Å². The molecule has 0 bridgehead atoms. The third kappa shape index (κ3) is 1.93. The van der Waals surface area contributed by atoms with E-state index in [9.17, 15) is 9.59 Å². The minimum atomic E-state index is -0.594. The van der Waals surface area contributed by atoms with Gasteiger partial charge in [0, 0.05) is 18.3 Å². The van der Waals surface area contributed by atoms with Gasteiger partial charge in [0.05, 0.1) is 12.7 Å². The molecule has 0 spiro atoms. The predicted octanol–water partition coefficient (Wildman–Crippen LogP) is 1.78. The van der Waals surface area contributed by atoms with Gasteiger partial charge in [-0.1, -0.05) is 0 Å². The monoisotopic (exact) mass is 260 g/mol. The van der Waals surface area contributed by atoms with Gasteiger partial charge in [0.15, 0.2) is 5.78 Å². The Bertz CT molecular complexity index is 593. The summed E-state index contributed by atoms with van der Waals surface area (Å²) < 4.78 is 6.75. The number of nitrogens with zero attached hydrogens (tertiary/aromatic N) is 2. The maximum atomic E-state index is 12.2. The van der Waals surface area contributed by atoms with Gasteiger partial charge >= 0.3 is 5.97 Å². The van der Waals surface area contributed by atoms with E-state index in [2.05, 4.69) is 0 Å². The van der Waals surface area contributed by atoms with Crippen molar-refractivity contribution in [2.75, 3.05) is 6.61 Å². The Morgan fingerprint density at radius 1 is 1.58 bits per heavy atom. The Hall–Kier alpha value is -2.09. The van der Waals surface area contributed by atoms with Crippen LogP contribution in [0, 0.1) is 24.2 Å². The molecule has 1 atom stereocenters. The van der Waals surface area contributed by atoms with Crippen LogP contribution in [-0.2, 0) is 18.2 Å². The topological polar surface area (TPSA) is 72.1 Å². The van der Waals surface area contributed by atoms with Crippen LogP contribution in [0.3, 0.4) is 0 Å². The number of esters is 1. The Labute approximate surface area is 111 Å². The normalized spacial score (nSPS) is 17.8. The number of Topliss-reactive ketones (excluding diaryl/α,β-unsaturated/α-hetero) is 1. The number of ether oxygens (including phenoxy) is 1. The zero-order valence-corrected chi connectivity index (χ0v) is 11.3. The fourth-order valence-electron chi connectivity index (χ4n) is 2.71. The summed E-state index contributed by atoms with van der Waals surface area (Å²) in [4.78, 5) is 24.2. The maximum absolute atomic E-state index is 12.2. The van der Waals surface area contributed by atoms with E-state index >= 15 is 0 Å². The summed E-state index contributed by atoms with van der Waals surface area (Å²) in [5.41, 5.74) is 2.40. The first kappa shape index (κ1) is 13.3. The predicted molar refractivity (Wildman–Crippen MR) is 67.9 cm³/mol. The number of nitriles is 1. The van der Waals surface area contributed by atoms with Gasteiger partial charge in [-0.2, -0.15) is 5.26 Å². The highest BCUT2D eigenvalue weighted by Crippen LogP contribution is 2.31. The number of hydrogen-bond donors (Lipinski definition) is 0. The first-order chi connectivity index (χ1) is 9.02. The zero-order chi connectivity index (χ0) is 14.2. The number of hydrogen-bond acceptors (Lipinski definition) is 4. The van der Waals surface area contributed by atoms with E-state index in [-0.39, 0.29) is 5.78 Å². The molecule has 2 rings (SSSR count). The van der Waals surface area contributed by atoms with Gasteiger partial charge in [0.25, 0.3) is 0 Å². The van der Waals surface area contributed by atoms with Crippen molar-refractivity contribution in [2.24, 2.45) is 13.0 Å². The fourth-order valence-corrected chi connectivity index (χ4v) is 2.71. The lowest BCUT2D eigenvalue weighted by atomic mass is 9.85. The molecule has 5 heteroatoms. The van der Waals surface area contributed by atoms with E-state index in [0.717, 1.165) is 5.69 Å². The SMILES string of the molecule is CCOC(=O)c1c(C)c2c(n1C)CCC(C#N)C2=O. The average molecular weight is 260 g/mol.